The Morgan fingerprint density at radius 1 is 0.370 bits per heavy atom. The van der Waals surface area contributed by atoms with Crippen LogP contribution >= 0.6 is 22.7 Å². The van der Waals surface area contributed by atoms with E-state index in [2.05, 4.69) is 78.9 Å². The lowest BCUT2D eigenvalue weighted by Crippen LogP contribution is -2.00. The first kappa shape index (κ1) is 26.8. The molecule has 0 atom stereocenters. The van der Waals surface area contributed by atoms with Crippen molar-refractivity contribution in [2.75, 3.05) is 0 Å². The summed E-state index contributed by atoms with van der Waals surface area (Å²) < 4.78 is 3.61. The summed E-state index contributed by atoms with van der Waals surface area (Å²) in [5.41, 5.74) is 7.47. The zero-order valence-electron chi connectivity index (χ0n) is 24.5. The number of rotatable bonds is 5. The van der Waals surface area contributed by atoms with Crippen molar-refractivity contribution in [2.45, 2.75) is 0 Å². The van der Waals surface area contributed by atoms with Crippen LogP contribution in [-0.4, -0.2) is 19.9 Å². The van der Waals surface area contributed by atoms with Crippen LogP contribution < -0.4 is 0 Å². The van der Waals surface area contributed by atoms with Gasteiger partial charge in [0, 0.05) is 42.4 Å². The van der Waals surface area contributed by atoms with E-state index in [0.29, 0.717) is 17.5 Å². The monoisotopic (exact) mass is 624 g/mol. The van der Waals surface area contributed by atoms with Crippen LogP contribution in [0.25, 0.3) is 86.3 Å². The lowest BCUT2D eigenvalue weighted by atomic mass is 10.0. The first-order valence-electron chi connectivity index (χ1n) is 15.1. The Hall–Kier alpha value is -5.56. The Kier molecular flexibility index (Phi) is 6.47. The average Bonchev–Trinajstić information content (AvgIpc) is 3.74. The summed E-state index contributed by atoms with van der Waals surface area (Å²) in [6, 6.07) is 50.4. The van der Waals surface area contributed by atoms with Gasteiger partial charge in [0.2, 0.25) is 0 Å². The van der Waals surface area contributed by atoms with E-state index in [9.17, 15) is 0 Å². The zero-order chi connectivity index (χ0) is 30.5. The predicted molar refractivity (Wildman–Crippen MR) is 193 cm³/mol. The summed E-state index contributed by atoms with van der Waals surface area (Å²) in [4.78, 5) is 19.9. The van der Waals surface area contributed by atoms with Gasteiger partial charge in [-0.25, -0.2) is 19.9 Å². The first-order chi connectivity index (χ1) is 22.8. The number of thiazole rings is 1. The van der Waals surface area contributed by atoms with Gasteiger partial charge in [-0.1, -0.05) is 121 Å². The van der Waals surface area contributed by atoms with Gasteiger partial charge in [0.15, 0.2) is 17.5 Å². The number of hydrogen-bond donors (Lipinski definition) is 0. The number of nitrogens with zero attached hydrogens (tertiary/aromatic N) is 4. The fraction of sp³-hybridized carbons (Fsp3) is 0. The summed E-state index contributed by atoms with van der Waals surface area (Å²) >= 11 is 3.53. The third kappa shape index (κ3) is 4.67. The second kappa shape index (κ2) is 11.1. The van der Waals surface area contributed by atoms with Gasteiger partial charge < -0.3 is 0 Å². The van der Waals surface area contributed by atoms with E-state index in [1.807, 2.05) is 66.7 Å². The molecule has 0 aliphatic carbocycles. The number of fused-ring (bicyclic) bond motifs is 4. The summed E-state index contributed by atoms with van der Waals surface area (Å²) in [6.07, 6.45) is 0. The standard InChI is InChI=1S/C40H24N4S2/c1-3-12-25(13-4-1)37-42-38(26-14-5-2-6-15-26)44-39(43-37)32-21-11-20-31-30-19-10-18-29(35(30)46-36(31)32)27-16-9-17-28(24-27)40-41-33-22-7-8-23-34(33)45-40/h1-24H. The summed E-state index contributed by atoms with van der Waals surface area (Å²) in [6.45, 7) is 0. The number of benzene rings is 6. The molecule has 6 heteroatoms. The van der Waals surface area contributed by atoms with Crippen molar-refractivity contribution >= 4 is 53.1 Å². The minimum Gasteiger partial charge on any atom is -0.236 e. The molecule has 0 spiro atoms. The highest BCUT2D eigenvalue weighted by Crippen LogP contribution is 2.44. The van der Waals surface area contributed by atoms with Crippen molar-refractivity contribution in [1.82, 2.24) is 19.9 Å². The maximum Gasteiger partial charge on any atom is 0.165 e. The molecule has 6 aromatic carbocycles. The summed E-state index contributed by atoms with van der Waals surface area (Å²) in [5.74, 6) is 1.99. The van der Waals surface area contributed by atoms with E-state index in [1.165, 1.54) is 31.3 Å². The van der Waals surface area contributed by atoms with Crippen molar-refractivity contribution in [1.29, 1.82) is 0 Å². The molecule has 46 heavy (non-hydrogen) atoms. The van der Waals surface area contributed by atoms with Crippen molar-refractivity contribution in [3.8, 4) is 55.9 Å². The van der Waals surface area contributed by atoms with Crippen molar-refractivity contribution in [2.24, 2.45) is 0 Å². The van der Waals surface area contributed by atoms with Crippen molar-refractivity contribution in [3.05, 3.63) is 146 Å². The van der Waals surface area contributed by atoms with Gasteiger partial charge in [0.1, 0.15) is 5.01 Å². The molecule has 0 saturated heterocycles. The normalized spacial score (nSPS) is 11.5. The molecule has 0 radical (unpaired) electrons. The second-order valence-corrected chi connectivity index (χ2v) is 13.1. The van der Waals surface area contributed by atoms with Crippen LogP contribution in [0.1, 0.15) is 0 Å². The smallest absolute Gasteiger partial charge is 0.165 e. The van der Waals surface area contributed by atoms with E-state index in [1.54, 1.807) is 22.7 Å². The van der Waals surface area contributed by atoms with Crippen LogP contribution in [0, 0.1) is 0 Å². The van der Waals surface area contributed by atoms with E-state index >= 15 is 0 Å². The zero-order valence-corrected chi connectivity index (χ0v) is 26.1. The molecular formula is C40H24N4S2. The summed E-state index contributed by atoms with van der Waals surface area (Å²) in [5, 5.41) is 3.46. The highest BCUT2D eigenvalue weighted by molar-refractivity contribution is 7.26. The molecule has 4 nitrogen and oxygen atoms in total. The van der Waals surface area contributed by atoms with E-state index in [-0.39, 0.29) is 0 Å². The van der Waals surface area contributed by atoms with Crippen LogP contribution in [0.2, 0.25) is 0 Å². The van der Waals surface area contributed by atoms with Crippen LogP contribution in [0.4, 0.5) is 0 Å². The Morgan fingerprint density at radius 3 is 1.61 bits per heavy atom. The molecule has 216 valence electrons. The van der Waals surface area contributed by atoms with Gasteiger partial charge in [0.25, 0.3) is 0 Å². The van der Waals surface area contributed by atoms with E-state index in [4.69, 9.17) is 19.9 Å². The average molecular weight is 625 g/mol. The highest BCUT2D eigenvalue weighted by Gasteiger charge is 2.18. The van der Waals surface area contributed by atoms with Crippen molar-refractivity contribution < 1.29 is 0 Å². The molecule has 9 rings (SSSR count). The third-order valence-electron chi connectivity index (χ3n) is 8.18. The molecule has 0 aliphatic rings. The van der Waals surface area contributed by atoms with Crippen LogP contribution in [0.3, 0.4) is 0 Å². The maximum atomic E-state index is 5.04. The Morgan fingerprint density at radius 2 is 0.913 bits per heavy atom. The topological polar surface area (TPSA) is 51.6 Å². The number of hydrogen-bond acceptors (Lipinski definition) is 6. The maximum absolute atomic E-state index is 5.04. The first-order valence-corrected chi connectivity index (χ1v) is 16.7. The van der Waals surface area contributed by atoms with Crippen LogP contribution in [-0.2, 0) is 0 Å². The molecule has 0 bridgehead atoms. The van der Waals surface area contributed by atoms with Crippen LogP contribution in [0.5, 0.6) is 0 Å². The Balaban J connectivity index is 1.21. The fourth-order valence-corrected chi connectivity index (χ4v) is 8.28. The molecule has 3 heterocycles. The molecule has 0 fully saturated rings. The highest BCUT2D eigenvalue weighted by atomic mass is 32.1. The minimum absolute atomic E-state index is 0.662. The number of aromatic nitrogens is 4. The molecule has 0 amide bonds. The molecule has 9 aromatic rings. The van der Waals surface area contributed by atoms with Gasteiger partial charge in [-0.3, -0.25) is 0 Å². The number of para-hydroxylation sites is 1. The Labute approximate surface area is 273 Å². The molecule has 0 saturated carbocycles. The number of thiophene rings is 1. The van der Waals surface area contributed by atoms with Crippen molar-refractivity contribution in [3.63, 3.8) is 0 Å². The SMILES string of the molecule is c1ccc(-c2nc(-c3ccccc3)nc(-c3cccc4c3sc3c(-c5cccc(-c6nc7ccccc7s6)c5)cccc34)n2)cc1. The van der Waals surface area contributed by atoms with Gasteiger partial charge in [-0.05, 0) is 35.4 Å². The van der Waals surface area contributed by atoms with Gasteiger partial charge in [-0.2, -0.15) is 0 Å². The van der Waals surface area contributed by atoms with Crippen LogP contribution in [0.15, 0.2) is 146 Å². The summed E-state index contributed by atoms with van der Waals surface area (Å²) in [7, 11) is 0. The predicted octanol–water partition coefficient (Wildman–Crippen LogP) is 11.2. The molecule has 3 aromatic heterocycles. The fourth-order valence-electron chi connectivity index (χ4n) is 5.97. The van der Waals surface area contributed by atoms with E-state index in [0.717, 1.165) is 37.5 Å². The van der Waals surface area contributed by atoms with Gasteiger partial charge >= 0.3 is 0 Å². The molecule has 0 aliphatic heterocycles. The molecular weight excluding hydrogens is 601 g/mol. The molecule has 0 N–H and O–H groups in total. The van der Waals surface area contributed by atoms with Gasteiger partial charge in [0.05, 0.1) is 10.2 Å². The largest absolute Gasteiger partial charge is 0.236 e. The lowest BCUT2D eigenvalue weighted by Gasteiger charge is -2.09. The van der Waals surface area contributed by atoms with E-state index < -0.39 is 0 Å². The quantitative estimate of drug-likeness (QED) is 0.191. The Bertz CT molecular complexity index is 2440. The third-order valence-corrected chi connectivity index (χ3v) is 10.6. The minimum atomic E-state index is 0.662. The second-order valence-electron chi connectivity index (χ2n) is 11.1. The lowest BCUT2D eigenvalue weighted by molar-refractivity contribution is 1.08. The molecule has 0 unspecified atom stereocenters. The van der Waals surface area contributed by atoms with Gasteiger partial charge in [-0.15, -0.1) is 22.7 Å².